The molecule has 2 aromatic rings. The Hall–Kier alpha value is -2.63. The maximum atomic E-state index is 9.41. The molecule has 0 aliphatic heterocycles. The SMILES string of the molecule is [N-]=[N+]=NCCC#Cc1ccc2ccc(O)cc2c1. The summed E-state index contributed by atoms with van der Waals surface area (Å²) in [6.45, 7) is 0.387. The Morgan fingerprint density at radius 1 is 1.17 bits per heavy atom. The molecule has 0 saturated carbocycles. The second kappa shape index (κ2) is 5.62. The zero-order chi connectivity index (χ0) is 12.8. The number of hydrogen-bond acceptors (Lipinski definition) is 2. The minimum absolute atomic E-state index is 0.246. The van der Waals surface area contributed by atoms with Crippen LogP contribution in [0, 0.1) is 11.8 Å². The van der Waals surface area contributed by atoms with Gasteiger partial charge in [0.25, 0.3) is 0 Å². The van der Waals surface area contributed by atoms with Crippen molar-refractivity contribution in [2.45, 2.75) is 6.42 Å². The third-order valence-corrected chi connectivity index (χ3v) is 2.46. The van der Waals surface area contributed by atoms with Gasteiger partial charge < -0.3 is 5.11 Å². The van der Waals surface area contributed by atoms with E-state index in [0.717, 1.165) is 16.3 Å². The minimum atomic E-state index is 0.246. The number of aromatic hydroxyl groups is 1. The van der Waals surface area contributed by atoms with Gasteiger partial charge in [0.1, 0.15) is 5.75 Å². The summed E-state index contributed by atoms with van der Waals surface area (Å²) in [4.78, 5) is 2.66. The van der Waals surface area contributed by atoms with E-state index in [0.29, 0.717) is 13.0 Å². The van der Waals surface area contributed by atoms with Gasteiger partial charge in [-0.1, -0.05) is 29.1 Å². The molecule has 0 radical (unpaired) electrons. The first-order valence-corrected chi connectivity index (χ1v) is 5.52. The lowest BCUT2D eigenvalue weighted by Gasteiger charge is -1.99. The van der Waals surface area contributed by atoms with Crippen molar-refractivity contribution >= 4 is 10.8 Å². The molecule has 0 unspecified atom stereocenters. The van der Waals surface area contributed by atoms with Crippen LogP contribution in [0.3, 0.4) is 0 Å². The van der Waals surface area contributed by atoms with Crippen LogP contribution >= 0.6 is 0 Å². The second-order valence-corrected chi connectivity index (χ2v) is 3.75. The molecular weight excluding hydrogens is 226 g/mol. The van der Waals surface area contributed by atoms with Gasteiger partial charge in [-0.05, 0) is 40.6 Å². The average molecular weight is 237 g/mol. The quantitative estimate of drug-likeness (QED) is 0.280. The van der Waals surface area contributed by atoms with Crippen LogP contribution in [0.5, 0.6) is 5.75 Å². The Labute approximate surface area is 105 Å². The summed E-state index contributed by atoms with van der Waals surface area (Å²) in [5, 5.41) is 14.8. The van der Waals surface area contributed by atoms with Crippen molar-refractivity contribution in [3.8, 4) is 17.6 Å². The Morgan fingerprint density at radius 2 is 2.00 bits per heavy atom. The largest absolute Gasteiger partial charge is 0.508 e. The maximum absolute atomic E-state index is 9.41. The van der Waals surface area contributed by atoms with Gasteiger partial charge in [0.05, 0.1) is 0 Å². The van der Waals surface area contributed by atoms with E-state index >= 15 is 0 Å². The molecule has 88 valence electrons. The Morgan fingerprint density at radius 3 is 2.83 bits per heavy atom. The summed E-state index contributed by atoms with van der Waals surface area (Å²) in [6.07, 6.45) is 0.544. The Balaban J connectivity index is 2.21. The average Bonchev–Trinajstić information content (AvgIpc) is 2.38. The van der Waals surface area contributed by atoms with Gasteiger partial charge in [-0.25, -0.2) is 0 Å². The van der Waals surface area contributed by atoms with Crippen molar-refractivity contribution in [3.63, 3.8) is 0 Å². The standard InChI is InChI=1S/C14H11N3O/c15-17-16-8-2-1-3-11-4-5-12-6-7-14(18)10-13(12)9-11/h4-7,9-10,18H,2,8H2. The highest BCUT2D eigenvalue weighted by atomic mass is 16.3. The number of phenolic OH excluding ortho intramolecular Hbond substituents is 1. The third kappa shape index (κ3) is 2.94. The van der Waals surface area contributed by atoms with E-state index in [1.165, 1.54) is 0 Å². The first-order valence-electron chi connectivity index (χ1n) is 5.52. The normalized spacial score (nSPS) is 9.33. The monoisotopic (exact) mass is 237 g/mol. The van der Waals surface area contributed by atoms with E-state index in [2.05, 4.69) is 21.9 Å². The molecule has 0 saturated heterocycles. The van der Waals surface area contributed by atoms with Crippen LogP contribution in [0.15, 0.2) is 41.5 Å². The van der Waals surface area contributed by atoms with E-state index in [4.69, 9.17) is 5.53 Å². The highest BCUT2D eigenvalue weighted by molar-refractivity contribution is 5.85. The first kappa shape index (κ1) is 11.8. The number of rotatable bonds is 2. The van der Waals surface area contributed by atoms with Gasteiger partial charge in [0.15, 0.2) is 0 Å². The number of nitrogens with zero attached hydrogens (tertiary/aromatic N) is 3. The van der Waals surface area contributed by atoms with Crippen LogP contribution in [0.4, 0.5) is 0 Å². The smallest absolute Gasteiger partial charge is 0.116 e. The van der Waals surface area contributed by atoms with Gasteiger partial charge in [0, 0.05) is 23.4 Å². The lowest BCUT2D eigenvalue weighted by Crippen LogP contribution is -1.78. The molecule has 0 aliphatic rings. The molecule has 0 atom stereocenters. The molecule has 0 bridgehead atoms. The molecule has 4 heteroatoms. The highest BCUT2D eigenvalue weighted by Crippen LogP contribution is 2.20. The molecule has 0 aliphatic carbocycles. The lowest BCUT2D eigenvalue weighted by molar-refractivity contribution is 0.476. The van der Waals surface area contributed by atoms with Crippen LogP contribution in [0.1, 0.15) is 12.0 Å². The molecule has 2 rings (SSSR count). The van der Waals surface area contributed by atoms with Gasteiger partial charge in [-0.3, -0.25) is 0 Å². The van der Waals surface area contributed by atoms with Gasteiger partial charge in [-0.2, -0.15) is 0 Å². The van der Waals surface area contributed by atoms with Crippen LogP contribution in [0.2, 0.25) is 0 Å². The van der Waals surface area contributed by atoms with E-state index in [1.54, 1.807) is 12.1 Å². The van der Waals surface area contributed by atoms with Crippen molar-refractivity contribution in [2.24, 2.45) is 5.11 Å². The number of phenols is 1. The third-order valence-electron chi connectivity index (χ3n) is 2.46. The fourth-order valence-electron chi connectivity index (χ4n) is 1.63. The van der Waals surface area contributed by atoms with Crippen molar-refractivity contribution in [2.75, 3.05) is 6.54 Å². The van der Waals surface area contributed by atoms with Gasteiger partial charge in [-0.15, -0.1) is 0 Å². The molecule has 0 spiro atoms. The molecular formula is C14H11N3O. The summed E-state index contributed by atoms with van der Waals surface area (Å²) in [5.41, 5.74) is 9.00. The number of benzene rings is 2. The number of azide groups is 1. The zero-order valence-electron chi connectivity index (χ0n) is 9.67. The summed E-state index contributed by atoms with van der Waals surface area (Å²) in [5.74, 6) is 6.18. The van der Waals surface area contributed by atoms with E-state index in [1.807, 2.05) is 24.3 Å². The van der Waals surface area contributed by atoms with E-state index < -0.39 is 0 Å². The van der Waals surface area contributed by atoms with Crippen molar-refractivity contribution < 1.29 is 5.11 Å². The van der Waals surface area contributed by atoms with E-state index in [9.17, 15) is 5.11 Å². The second-order valence-electron chi connectivity index (χ2n) is 3.75. The predicted octanol–water partition coefficient (Wildman–Crippen LogP) is 3.60. The highest BCUT2D eigenvalue weighted by Gasteiger charge is 1.95. The topological polar surface area (TPSA) is 69.0 Å². The number of fused-ring (bicyclic) bond motifs is 1. The van der Waals surface area contributed by atoms with Crippen LogP contribution < -0.4 is 0 Å². The fourth-order valence-corrected chi connectivity index (χ4v) is 1.63. The molecule has 1 N–H and O–H groups in total. The van der Waals surface area contributed by atoms with E-state index in [-0.39, 0.29) is 5.75 Å². The predicted molar refractivity (Wildman–Crippen MR) is 71.1 cm³/mol. The van der Waals surface area contributed by atoms with Gasteiger partial charge >= 0.3 is 0 Å². The van der Waals surface area contributed by atoms with Crippen LogP contribution in [-0.2, 0) is 0 Å². The maximum Gasteiger partial charge on any atom is 0.116 e. The summed E-state index contributed by atoms with van der Waals surface area (Å²) < 4.78 is 0. The lowest BCUT2D eigenvalue weighted by atomic mass is 10.1. The summed E-state index contributed by atoms with van der Waals surface area (Å²) in [7, 11) is 0. The molecule has 2 aromatic carbocycles. The van der Waals surface area contributed by atoms with Crippen LogP contribution in [0.25, 0.3) is 21.2 Å². The van der Waals surface area contributed by atoms with Gasteiger partial charge in [0.2, 0.25) is 0 Å². The molecule has 0 heterocycles. The zero-order valence-corrected chi connectivity index (χ0v) is 9.67. The molecule has 4 nitrogen and oxygen atoms in total. The molecule has 0 aromatic heterocycles. The summed E-state index contributed by atoms with van der Waals surface area (Å²) in [6, 6.07) is 11.1. The fraction of sp³-hybridized carbons (Fsp3) is 0.143. The van der Waals surface area contributed by atoms with Crippen molar-refractivity contribution in [1.29, 1.82) is 0 Å². The molecule has 0 fully saturated rings. The number of hydrogen-bond donors (Lipinski definition) is 1. The Kier molecular flexibility index (Phi) is 3.70. The van der Waals surface area contributed by atoms with Crippen LogP contribution in [-0.4, -0.2) is 11.7 Å². The minimum Gasteiger partial charge on any atom is -0.508 e. The van der Waals surface area contributed by atoms with Crippen molar-refractivity contribution in [3.05, 3.63) is 52.4 Å². The molecule has 18 heavy (non-hydrogen) atoms. The molecule has 0 amide bonds. The first-order chi connectivity index (χ1) is 8.79. The Bertz CT molecular complexity index is 676. The van der Waals surface area contributed by atoms with Crippen molar-refractivity contribution in [1.82, 2.24) is 0 Å². The summed E-state index contributed by atoms with van der Waals surface area (Å²) >= 11 is 0.